The minimum Gasteiger partial charge on any atom is -0.377 e. The molecule has 0 aromatic rings. The van der Waals surface area contributed by atoms with Crippen molar-refractivity contribution in [2.24, 2.45) is 0 Å². The van der Waals surface area contributed by atoms with E-state index in [1.807, 2.05) is 0 Å². The minimum absolute atomic E-state index is 0.00396. The van der Waals surface area contributed by atoms with Crippen LogP contribution in [0.4, 0.5) is 13.2 Å². The molecule has 0 aliphatic heterocycles. The molecule has 0 aliphatic carbocycles. The summed E-state index contributed by atoms with van der Waals surface area (Å²) >= 11 is 0. The summed E-state index contributed by atoms with van der Waals surface area (Å²) < 4.78 is 50.0. The van der Waals surface area contributed by atoms with Crippen LogP contribution >= 0.6 is 0 Å². The van der Waals surface area contributed by atoms with Crippen molar-refractivity contribution >= 4 is 8.80 Å². The first kappa shape index (κ1) is 13.6. The van der Waals surface area contributed by atoms with E-state index in [-0.39, 0.29) is 12.1 Å². The van der Waals surface area contributed by atoms with Crippen LogP contribution in [0.25, 0.3) is 0 Å². The zero-order valence-electron chi connectivity index (χ0n) is 8.22. The molecular weight excluding hydrogens is 217 g/mol. The molecule has 0 aliphatic rings. The third kappa shape index (κ3) is 4.75. The van der Waals surface area contributed by atoms with Crippen molar-refractivity contribution in [1.29, 1.82) is 0 Å². The maximum atomic E-state index is 11.7. The number of halogens is 3. The number of alkyl halides is 3. The SMILES string of the molecule is CO[Si](C/C=C/C(F)(F)F)(OC)OC. The van der Waals surface area contributed by atoms with Crippen LogP contribution in [0.2, 0.25) is 6.04 Å². The second kappa shape index (κ2) is 5.49. The number of allylic oxidation sites excluding steroid dienone is 2. The van der Waals surface area contributed by atoms with E-state index in [9.17, 15) is 13.2 Å². The third-order valence-electron chi connectivity index (χ3n) is 1.61. The highest BCUT2D eigenvalue weighted by Gasteiger charge is 2.36. The summed E-state index contributed by atoms with van der Waals surface area (Å²) in [7, 11) is 1.14. The highest BCUT2D eigenvalue weighted by atomic mass is 28.4. The maximum absolute atomic E-state index is 11.7. The van der Waals surface area contributed by atoms with Crippen molar-refractivity contribution in [1.82, 2.24) is 0 Å². The van der Waals surface area contributed by atoms with Crippen LogP contribution in [0.1, 0.15) is 0 Å². The van der Waals surface area contributed by atoms with Gasteiger partial charge in [0.15, 0.2) is 0 Å². The molecule has 0 amide bonds. The van der Waals surface area contributed by atoms with Crippen molar-refractivity contribution in [2.45, 2.75) is 12.2 Å². The fraction of sp³-hybridized carbons (Fsp3) is 0.714. The Morgan fingerprint density at radius 3 is 1.79 bits per heavy atom. The first-order chi connectivity index (χ1) is 6.39. The molecule has 0 rings (SSSR count). The van der Waals surface area contributed by atoms with Gasteiger partial charge in [-0.1, -0.05) is 6.08 Å². The lowest BCUT2D eigenvalue weighted by molar-refractivity contribution is -0.0799. The minimum atomic E-state index is -4.31. The van der Waals surface area contributed by atoms with Gasteiger partial charge in [-0.25, -0.2) is 0 Å². The second-order valence-corrected chi connectivity index (χ2v) is 5.44. The van der Waals surface area contributed by atoms with E-state index < -0.39 is 15.0 Å². The molecule has 0 N–H and O–H groups in total. The Balaban J connectivity index is 4.26. The van der Waals surface area contributed by atoms with Crippen LogP contribution in [0, 0.1) is 0 Å². The van der Waals surface area contributed by atoms with Crippen LogP contribution in [0.5, 0.6) is 0 Å². The Morgan fingerprint density at radius 2 is 1.50 bits per heavy atom. The van der Waals surface area contributed by atoms with E-state index >= 15 is 0 Å². The summed E-state index contributed by atoms with van der Waals surface area (Å²) in [5.41, 5.74) is 0. The molecule has 0 aromatic heterocycles. The molecule has 0 fully saturated rings. The Bertz CT molecular complexity index is 181. The molecule has 7 heteroatoms. The van der Waals surface area contributed by atoms with Crippen LogP contribution < -0.4 is 0 Å². The molecule has 0 saturated heterocycles. The molecule has 0 bridgehead atoms. The predicted octanol–water partition coefficient (Wildman–Crippen LogP) is 1.98. The van der Waals surface area contributed by atoms with Gasteiger partial charge < -0.3 is 13.3 Å². The van der Waals surface area contributed by atoms with Gasteiger partial charge in [-0.15, -0.1) is 0 Å². The highest BCUT2D eigenvalue weighted by molar-refractivity contribution is 6.61. The molecule has 0 unspecified atom stereocenters. The number of hydrogen-bond donors (Lipinski definition) is 0. The second-order valence-electron chi connectivity index (χ2n) is 2.44. The standard InChI is InChI=1S/C7H13F3O3Si/c1-11-14(12-2,13-3)6-4-5-7(8,9)10/h4-5H,6H2,1-3H3/b5-4+. The van der Waals surface area contributed by atoms with Gasteiger partial charge in [-0.3, -0.25) is 0 Å². The molecule has 0 radical (unpaired) electrons. The van der Waals surface area contributed by atoms with Crippen LogP contribution in [0.3, 0.4) is 0 Å². The zero-order valence-corrected chi connectivity index (χ0v) is 9.22. The normalized spacial score (nSPS) is 13.9. The zero-order chi connectivity index (χ0) is 11.2. The van der Waals surface area contributed by atoms with Crippen molar-refractivity contribution in [3.05, 3.63) is 12.2 Å². The molecule has 3 nitrogen and oxygen atoms in total. The van der Waals surface area contributed by atoms with Crippen molar-refractivity contribution < 1.29 is 26.4 Å². The van der Waals surface area contributed by atoms with Gasteiger partial charge in [0.1, 0.15) is 0 Å². The average Bonchev–Trinajstić information content (AvgIpc) is 2.11. The van der Waals surface area contributed by atoms with Crippen LogP contribution in [-0.2, 0) is 13.3 Å². The van der Waals surface area contributed by atoms with Gasteiger partial charge in [-0.2, -0.15) is 13.2 Å². The van der Waals surface area contributed by atoms with Gasteiger partial charge in [-0.05, 0) is 0 Å². The molecule has 0 atom stereocenters. The fourth-order valence-electron chi connectivity index (χ4n) is 0.837. The third-order valence-corrected chi connectivity index (χ3v) is 4.21. The lowest BCUT2D eigenvalue weighted by Gasteiger charge is -2.22. The molecule has 0 saturated carbocycles. The average molecular weight is 230 g/mol. The molecule has 14 heavy (non-hydrogen) atoms. The summed E-state index contributed by atoms with van der Waals surface area (Å²) in [5, 5.41) is 0. The van der Waals surface area contributed by atoms with E-state index in [4.69, 9.17) is 13.3 Å². The Kier molecular flexibility index (Phi) is 5.35. The van der Waals surface area contributed by atoms with Crippen molar-refractivity contribution in [3.8, 4) is 0 Å². The van der Waals surface area contributed by atoms with Crippen LogP contribution in [0.15, 0.2) is 12.2 Å². The Hall–Kier alpha value is -0.373. The van der Waals surface area contributed by atoms with E-state index in [2.05, 4.69) is 0 Å². The first-order valence-electron chi connectivity index (χ1n) is 3.79. The van der Waals surface area contributed by atoms with E-state index in [1.54, 1.807) is 0 Å². The monoisotopic (exact) mass is 230 g/mol. The smallest absolute Gasteiger partial charge is 0.377 e. The lowest BCUT2D eigenvalue weighted by Crippen LogP contribution is -2.42. The summed E-state index contributed by atoms with van der Waals surface area (Å²) in [6.07, 6.45) is -3.22. The summed E-state index contributed by atoms with van der Waals surface area (Å²) in [5.74, 6) is 0. The molecule has 0 spiro atoms. The van der Waals surface area contributed by atoms with Gasteiger partial charge in [0.2, 0.25) is 0 Å². The van der Waals surface area contributed by atoms with Crippen molar-refractivity contribution in [3.63, 3.8) is 0 Å². The lowest BCUT2D eigenvalue weighted by atomic mass is 10.5. The number of hydrogen-bond acceptors (Lipinski definition) is 3. The van der Waals surface area contributed by atoms with E-state index in [0.717, 1.165) is 6.08 Å². The van der Waals surface area contributed by atoms with Gasteiger partial charge in [0.25, 0.3) is 0 Å². The molecule has 0 heterocycles. The largest absolute Gasteiger partial charge is 0.504 e. The van der Waals surface area contributed by atoms with Gasteiger partial charge >= 0.3 is 15.0 Å². The van der Waals surface area contributed by atoms with Gasteiger partial charge in [0.05, 0.1) is 0 Å². The summed E-state index contributed by atoms with van der Waals surface area (Å²) in [6.45, 7) is 0. The van der Waals surface area contributed by atoms with Crippen molar-refractivity contribution in [2.75, 3.05) is 21.3 Å². The fourth-order valence-corrected chi connectivity index (χ4v) is 2.24. The van der Waals surface area contributed by atoms with Gasteiger partial charge in [0, 0.05) is 33.4 Å². The quantitative estimate of drug-likeness (QED) is 0.534. The van der Waals surface area contributed by atoms with Crippen LogP contribution in [-0.4, -0.2) is 36.3 Å². The molecular formula is C7H13F3O3Si. The molecule has 0 aromatic carbocycles. The summed E-state index contributed by atoms with van der Waals surface area (Å²) in [4.78, 5) is 0. The maximum Gasteiger partial charge on any atom is 0.504 e. The van der Waals surface area contributed by atoms with E-state index in [1.165, 1.54) is 21.3 Å². The Morgan fingerprint density at radius 1 is 1.07 bits per heavy atom. The summed E-state index contributed by atoms with van der Waals surface area (Å²) in [6, 6.07) is -0.00396. The first-order valence-corrected chi connectivity index (χ1v) is 5.72. The predicted molar refractivity (Wildman–Crippen MR) is 46.8 cm³/mol. The molecule has 84 valence electrons. The highest BCUT2D eigenvalue weighted by Crippen LogP contribution is 2.19. The Labute approximate surface area is 81.8 Å². The number of rotatable bonds is 5. The van der Waals surface area contributed by atoms with E-state index in [0.29, 0.717) is 0 Å². The topological polar surface area (TPSA) is 27.7 Å².